The summed E-state index contributed by atoms with van der Waals surface area (Å²) in [6.45, 7) is -1.44. The van der Waals surface area contributed by atoms with Crippen molar-refractivity contribution in [2.75, 3.05) is 19.0 Å². The third-order valence-electron chi connectivity index (χ3n) is 1.65. The smallest absolute Gasteiger partial charge is 0.328 e. The Kier molecular flexibility index (Phi) is 4.55. The summed E-state index contributed by atoms with van der Waals surface area (Å²) in [5.74, 6) is -0.735. The molecule has 0 aliphatic carbocycles. The number of amides is 1. The van der Waals surface area contributed by atoms with Gasteiger partial charge in [0.25, 0.3) is 5.91 Å². The van der Waals surface area contributed by atoms with E-state index in [0.717, 1.165) is 11.3 Å². The molecule has 0 spiro atoms. The molecular weight excluding hydrogens is 265 g/mol. The Hall–Kier alpha value is -0.820. The van der Waals surface area contributed by atoms with Gasteiger partial charge in [0.15, 0.2) is 0 Å². The molecule has 0 bridgehead atoms. The van der Waals surface area contributed by atoms with Crippen LogP contribution in [-0.2, 0) is 0 Å². The van der Waals surface area contributed by atoms with Crippen LogP contribution in [0.15, 0.2) is 11.7 Å². The van der Waals surface area contributed by atoms with Crippen molar-refractivity contribution < 1.29 is 18.0 Å². The minimum Gasteiger partial charge on any atom is -0.328 e. The third-order valence-corrected chi connectivity index (χ3v) is 2.59. The van der Waals surface area contributed by atoms with E-state index in [9.17, 15) is 18.0 Å². The van der Waals surface area contributed by atoms with Crippen molar-refractivity contribution in [1.29, 1.82) is 0 Å². The average Bonchev–Trinajstić information content (AvgIpc) is 2.66. The van der Waals surface area contributed by atoms with Crippen molar-refractivity contribution in [3.05, 3.63) is 16.6 Å². The zero-order valence-electron chi connectivity index (χ0n) is 8.00. The topological polar surface area (TPSA) is 33.2 Å². The lowest BCUT2D eigenvalue weighted by molar-refractivity contribution is -0.140. The predicted molar refractivity (Wildman–Crippen MR) is 54.8 cm³/mol. The van der Waals surface area contributed by atoms with Gasteiger partial charge in [-0.3, -0.25) is 9.78 Å². The van der Waals surface area contributed by atoms with Gasteiger partial charge >= 0.3 is 6.18 Å². The number of halogens is 4. The van der Waals surface area contributed by atoms with Crippen LogP contribution in [0.1, 0.15) is 9.67 Å². The first-order chi connectivity index (χ1) is 7.44. The first-order valence-corrected chi connectivity index (χ1v) is 5.66. The van der Waals surface area contributed by atoms with Crippen molar-refractivity contribution in [3.63, 3.8) is 0 Å². The van der Waals surface area contributed by atoms with E-state index < -0.39 is 18.6 Å². The zero-order valence-corrected chi connectivity index (χ0v) is 9.57. The maximum Gasteiger partial charge on any atom is 0.406 e. The highest BCUT2D eigenvalue weighted by molar-refractivity contribution is 7.11. The Morgan fingerprint density at radius 2 is 2.25 bits per heavy atom. The number of nitrogens with zero attached hydrogens (tertiary/aromatic N) is 2. The average molecular weight is 273 g/mol. The number of rotatable bonds is 4. The summed E-state index contributed by atoms with van der Waals surface area (Å²) >= 11 is 6.36. The van der Waals surface area contributed by atoms with E-state index >= 15 is 0 Å². The summed E-state index contributed by atoms with van der Waals surface area (Å²) in [6.07, 6.45) is -3.18. The van der Waals surface area contributed by atoms with Gasteiger partial charge in [0, 0.05) is 12.4 Å². The van der Waals surface area contributed by atoms with Gasteiger partial charge in [0.05, 0.1) is 11.7 Å². The largest absolute Gasteiger partial charge is 0.406 e. The van der Waals surface area contributed by atoms with Crippen LogP contribution < -0.4 is 0 Å². The van der Waals surface area contributed by atoms with Crippen LogP contribution in [0.4, 0.5) is 13.2 Å². The highest BCUT2D eigenvalue weighted by Crippen LogP contribution is 2.19. The van der Waals surface area contributed by atoms with E-state index in [0.29, 0.717) is 4.90 Å². The Bertz CT molecular complexity index is 342. The third kappa shape index (κ3) is 3.97. The number of aromatic nitrogens is 1. The summed E-state index contributed by atoms with van der Waals surface area (Å²) in [7, 11) is 0. The lowest BCUT2D eigenvalue weighted by Gasteiger charge is -2.22. The van der Waals surface area contributed by atoms with Crippen LogP contribution in [0, 0.1) is 0 Å². The Morgan fingerprint density at radius 3 is 2.69 bits per heavy atom. The molecule has 1 heterocycles. The monoisotopic (exact) mass is 272 g/mol. The molecule has 0 radical (unpaired) electrons. The number of thiazole rings is 1. The van der Waals surface area contributed by atoms with Crippen molar-refractivity contribution in [2.24, 2.45) is 0 Å². The number of carbonyl (C=O) groups is 1. The van der Waals surface area contributed by atoms with E-state index in [-0.39, 0.29) is 17.3 Å². The molecule has 0 atom stereocenters. The van der Waals surface area contributed by atoms with Crippen molar-refractivity contribution in [2.45, 2.75) is 6.18 Å². The van der Waals surface area contributed by atoms with Crippen LogP contribution >= 0.6 is 22.9 Å². The molecular formula is C8H8ClF3N2OS. The maximum absolute atomic E-state index is 12.2. The van der Waals surface area contributed by atoms with Gasteiger partial charge in [-0.05, 0) is 0 Å². The first-order valence-electron chi connectivity index (χ1n) is 4.24. The molecule has 0 aliphatic heterocycles. The number of hydrogen-bond donors (Lipinski definition) is 0. The van der Waals surface area contributed by atoms with E-state index in [1.165, 1.54) is 11.7 Å². The zero-order chi connectivity index (χ0) is 12.2. The second-order valence-electron chi connectivity index (χ2n) is 2.90. The normalized spacial score (nSPS) is 11.5. The lowest BCUT2D eigenvalue weighted by Crippen LogP contribution is -2.39. The molecule has 0 aliphatic rings. The molecule has 90 valence electrons. The molecule has 3 nitrogen and oxygen atoms in total. The van der Waals surface area contributed by atoms with Crippen molar-refractivity contribution >= 4 is 28.8 Å². The second kappa shape index (κ2) is 5.49. The Morgan fingerprint density at radius 1 is 1.56 bits per heavy atom. The predicted octanol–water partition coefficient (Wildman–Crippen LogP) is 2.39. The van der Waals surface area contributed by atoms with Crippen LogP contribution in [0.25, 0.3) is 0 Å². The van der Waals surface area contributed by atoms with Gasteiger partial charge in [-0.25, -0.2) is 0 Å². The highest BCUT2D eigenvalue weighted by atomic mass is 35.5. The van der Waals surface area contributed by atoms with Gasteiger partial charge in [-0.1, -0.05) is 0 Å². The molecule has 0 saturated heterocycles. The molecule has 0 saturated carbocycles. The number of carbonyl (C=O) groups excluding carboxylic acids is 1. The molecule has 8 heteroatoms. The minimum atomic E-state index is -4.42. The minimum absolute atomic E-state index is 0.0410. The summed E-state index contributed by atoms with van der Waals surface area (Å²) in [6, 6.07) is 0. The molecule has 0 N–H and O–H groups in total. The molecule has 0 fully saturated rings. The van der Waals surface area contributed by atoms with Gasteiger partial charge in [0.2, 0.25) is 0 Å². The van der Waals surface area contributed by atoms with Crippen LogP contribution in [-0.4, -0.2) is 40.9 Å². The summed E-state index contributed by atoms with van der Waals surface area (Å²) in [4.78, 5) is 16.1. The fraction of sp³-hybridized carbons (Fsp3) is 0.500. The fourth-order valence-electron chi connectivity index (χ4n) is 1.05. The lowest BCUT2D eigenvalue weighted by atomic mass is 10.4. The molecule has 0 aromatic carbocycles. The van der Waals surface area contributed by atoms with E-state index in [2.05, 4.69) is 4.98 Å². The van der Waals surface area contributed by atoms with Gasteiger partial charge < -0.3 is 4.90 Å². The van der Waals surface area contributed by atoms with Gasteiger partial charge in [-0.2, -0.15) is 13.2 Å². The first kappa shape index (κ1) is 13.2. The standard InChI is InChI=1S/C8H8ClF3N2OS/c9-1-2-14(4-8(10,11)12)7(15)6-3-13-5-16-6/h3,5H,1-2,4H2. The van der Waals surface area contributed by atoms with Crippen molar-refractivity contribution in [1.82, 2.24) is 9.88 Å². The highest BCUT2D eigenvalue weighted by Gasteiger charge is 2.33. The van der Waals surface area contributed by atoms with E-state index in [1.54, 1.807) is 0 Å². The van der Waals surface area contributed by atoms with Crippen molar-refractivity contribution in [3.8, 4) is 0 Å². The molecule has 16 heavy (non-hydrogen) atoms. The Labute approximate surface area is 98.8 Å². The van der Waals surface area contributed by atoms with Gasteiger partial charge in [-0.15, -0.1) is 22.9 Å². The number of hydrogen-bond acceptors (Lipinski definition) is 3. The van der Waals surface area contributed by atoms with Crippen LogP contribution in [0.5, 0.6) is 0 Å². The molecule has 1 rings (SSSR count). The summed E-state index contributed by atoms with van der Waals surface area (Å²) < 4.78 is 36.5. The molecule has 1 aromatic rings. The molecule has 1 amide bonds. The second-order valence-corrected chi connectivity index (χ2v) is 4.16. The Balaban J connectivity index is 2.74. The fourth-order valence-corrected chi connectivity index (χ4v) is 1.84. The summed E-state index contributed by atoms with van der Waals surface area (Å²) in [5.41, 5.74) is 1.39. The summed E-state index contributed by atoms with van der Waals surface area (Å²) in [5, 5.41) is 0. The molecule has 0 unspecified atom stereocenters. The van der Waals surface area contributed by atoms with E-state index in [1.807, 2.05) is 0 Å². The van der Waals surface area contributed by atoms with Crippen LogP contribution in [0.2, 0.25) is 0 Å². The SMILES string of the molecule is O=C(c1cncs1)N(CCCl)CC(F)(F)F. The number of alkyl halides is 4. The van der Waals surface area contributed by atoms with Gasteiger partial charge in [0.1, 0.15) is 11.4 Å². The quantitative estimate of drug-likeness (QED) is 0.789. The maximum atomic E-state index is 12.2. The van der Waals surface area contributed by atoms with E-state index in [4.69, 9.17) is 11.6 Å². The molecule has 1 aromatic heterocycles. The van der Waals surface area contributed by atoms with Crippen LogP contribution in [0.3, 0.4) is 0 Å².